The molecule has 1 aliphatic rings. The third-order valence-electron chi connectivity index (χ3n) is 8.41. The molecule has 1 atom stereocenters. The predicted molar refractivity (Wildman–Crippen MR) is 178 cm³/mol. The van der Waals surface area contributed by atoms with E-state index in [1.807, 2.05) is 81.8 Å². The lowest BCUT2D eigenvalue weighted by atomic mass is 9.91. The van der Waals surface area contributed by atoms with Crippen LogP contribution >= 0.6 is 22.9 Å². The van der Waals surface area contributed by atoms with Crippen molar-refractivity contribution in [1.82, 2.24) is 19.0 Å². The monoisotopic (exact) mass is 632 g/mol. The number of hydrogen-bond donors (Lipinski definition) is 1. The Bertz CT molecular complexity index is 1940. The number of aromatic nitrogens is 3. The molecule has 1 unspecified atom stereocenters. The van der Waals surface area contributed by atoms with Crippen LogP contribution in [0.3, 0.4) is 0 Å². The number of aryl methyl sites for hydroxylation is 2. The summed E-state index contributed by atoms with van der Waals surface area (Å²) in [4.78, 5) is 33.4. The first-order valence-electron chi connectivity index (χ1n) is 14.8. The molecule has 5 aromatic rings. The van der Waals surface area contributed by atoms with Crippen LogP contribution in [0.5, 0.6) is 0 Å². The van der Waals surface area contributed by atoms with Gasteiger partial charge in [-0.25, -0.2) is 14.6 Å². The van der Waals surface area contributed by atoms with Gasteiger partial charge < -0.3 is 14.7 Å². The van der Waals surface area contributed by atoms with Gasteiger partial charge >= 0.3 is 11.7 Å². The van der Waals surface area contributed by atoms with E-state index in [0.717, 1.165) is 74.4 Å². The SMILES string of the molecule is Cc1cc2nc(-c3ccc4c(c3)n(C3CCN(C)CC3)c(=O)n4C)sc2c(-c2ccc(Cl)cc2)c1C(OC(C)(C)C)C(=O)O. The molecule has 0 radical (unpaired) electrons. The molecule has 1 fully saturated rings. The van der Waals surface area contributed by atoms with E-state index >= 15 is 0 Å². The number of thiazole rings is 1. The molecule has 44 heavy (non-hydrogen) atoms. The van der Waals surface area contributed by atoms with Crippen LogP contribution < -0.4 is 5.69 Å². The molecular weight excluding hydrogens is 596 g/mol. The van der Waals surface area contributed by atoms with Crippen molar-refractivity contribution in [3.05, 3.63) is 75.2 Å². The molecule has 10 heteroatoms. The first-order chi connectivity index (χ1) is 20.8. The summed E-state index contributed by atoms with van der Waals surface area (Å²) in [6.07, 6.45) is 0.670. The highest BCUT2D eigenvalue weighted by atomic mass is 35.5. The lowest BCUT2D eigenvalue weighted by molar-refractivity contribution is -0.160. The number of halogens is 1. The minimum atomic E-state index is -1.18. The van der Waals surface area contributed by atoms with Gasteiger partial charge in [0.25, 0.3) is 0 Å². The number of ether oxygens (including phenoxy) is 1. The quantitative estimate of drug-likeness (QED) is 0.209. The van der Waals surface area contributed by atoms with Gasteiger partial charge in [-0.3, -0.25) is 9.13 Å². The van der Waals surface area contributed by atoms with Gasteiger partial charge in [-0.05, 0) is 108 Å². The molecular formula is C34H37ClN4O4S. The van der Waals surface area contributed by atoms with Crippen molar-refractivity contribution in [2.45, 2.75) is 58.3 Å². The van der Waals surface area contributed by atoms with Crippen molar-refractivity contribution in [3.8, 4) is 21.7 Å². The highest BCUT2D eigenvalue weighted by Crippen LogP contribution is 2.44. The van der Waals surface area contributed by atoms with Gasteiger partial charge in [-0.15, -0.1) is 11.3 Å². The molecule has 2 aromatic heterocycles. The third-order valence-corrected chi connectivity index (χ3v) is 9.80. The maximum Gasteiger partial charge on any atom is 0.337 e. The lowest BCUT2D eigenvalue weighted by Gasteiger charge is -2.29. The average molecular weight is 633 g/mol. The summed E-state index contributed by atoms with van der Waals surface area (Å²) in [5.41, 5.74) is 5.80. The van der Waals surface area contributed by atoms with E-state index in [-0.39, 0.29) is 11.7 Å². The van der Waals surface area contributed by atoms with Gasteiger partial charge in [0.15, 0.2) is 6.10 Å². The standard InChI is InChI=1S/C34H37ClN4O4S/c1-19-17-24-30(28(20-7-10-22(35)11-8-20)27(19)29(32(40)41)43-34(2,3)4)44-31(36-24)21-9-12-25-26(18-21)39(33(42)38(25)6)23-13-15-37(5)16-14-23/h7-12,17-18,23,29H,13-16H2,1-6H3,(H,40,41). The van der Waals surface area contributed by atoms with E-state index in [1.54, 1.807) is 4.57 Å². The fourth-order valence-corrected chi connectivity index (χ4v) is 7.52. The van der Waals surface area contributed by atoms with Crippen molar-refractivity contribution >= 4 is 50.2 Å². The fraction of sp³-hybridized carbons (Fsp3) is 0.382. The van der Waals surface area contributed by atoms with Gasteiger partial charge in [0.1, 0.15) is 5.01 Å². The molecule has 6 rings (SSSR count). The Morgan fingerprint density at radius 3 is 2.34 bits per heavy atom. The van der Waals surface area contributed by atoms with E-state index in [0.29, 0.717) is 10.6 Å². The fourth-order valence-electron chi connectivity index (χ4n) is 6.27. The molecule has 8 nitrogen and oxygen atoms in total. The number of piperidine rings is 1. The molecule has 230 valence electrons. The molecule has 1 saturated heterocycles. The Balaban J connectivity index is 1.56. The maximum atomic E-state index is 13.4. The Morgan fingerprint density at radius 1 is 1.05 bits per heavy atom. The zero-order valence-electron chi connectivity index (χ0n) is 25.8. The number of carbonyl (C=O) groups is 1. The van der Waals surface area contributed by atoms with Crippen LogP contribution in [0.2, 0.25) is 5.02 Å². The van der Waals surface area contributed by atoms with Crippen LogP contribution in [-0.4, -0.2) is 55.8 Å². The zero-order chi connectivity index (χ0) is 31.5. The first-order valence-corrected chi connectivity index (χ1v) is 16.0. The van der Waals surface area contributed by atoms with Crippen molar-refractivity contribution in [2.24, 2.45) is 7.05 Å². The summed E-state index contributed by atoms with van der Waals surface area (Å²) in [5, 5.41) is 11.8. The number of aliphatic carboxylic acids is 1. The second-order valence-corrected chi connectivity index (χ2v) is 14.2. The summed E-state index contributed by atoms with van der Waals surface area (Å²) in [6, 6.07) is 15.6. The van der Waals surface area contributed by atoms with E-state index in [2.05, 4.69) is 18.0 Å². The number of fused-ring (bicyclic) bond motifs is 2. The molecule has 1 N–H and O–H groups in total. The van der Waals surface area contributed by atoms with Crippen molar-refractivity contribution < 1.29 is 14.6 Å². The summed E-state index contributed by atoms with van der Waals surface area (Å²) in [7, 11) is 3.95. The minimum Gasteiger partial charge on any atom is -0.479 e. The first kappa shape index (κ1) is 30.5. The summed E-state index contributed by atoms with van der Waals surface area (Å²) in [5.74, 6) is -1.05. The number of nitrogens with zero attached hydrogens (tertiary/aromatic N) is 4. The molecule has 0 saturated carbocycles. The summed E-state index contributed by atoms with van der Waals surface area (Å²) >= 11 is 7.77. The molecule has 0 aliphatic carbocycles. The Labute approximate surface area is 265 Å². The number of likely N-dealkylation sites (tertiary alicyclic amines) is 1. The highest BCUT2D eigenvalue weighted by molar-refractivity contribution is 7.22. The topological polar surface area (TPSA) is 89.6 Å². The van der Waals surface area contributed by atoms with Gasteiger partial charge in [0.2, 0.25) is 0 Å². The van der Waals surface area contributed by atoms with Crippen LogP contribution in [0.25, 0.3) is 42.9 Å². The Hall–Kier alpha value is -3.50. The van der Waals surface area contributed by atoms with Gasteiger partial charge in [0, 0.05) is 34.8 Å². The van der Waals surface area contributed by atoms with E-state index in [4.69, 9.17) is 21.3 Å². The van der Waals surface area contributed by atoms with Crippen LogP contribution in [0, 0.1) is 6.92 Å². The van der Waals surface area contributed by atoms with E-state index in [1.165, 1.54) is 11.3 Å². The molecule has 0 bridgehead atoms. The van der Waals surface area contributed by atoms with Crippen molar-refractivity contribution in [3.63, 3.8) is 0 Å². The normalized spacial score (nSPS) is 15.8. The largest absolute Gasteiger partial charge is 0.479 e. The molecule has 3 aromatic carbocycles. The number of carboxylic acid groups (broad SMARTS) is 1. The van der Waals surface area contributed by atoms with E-state index in [9.17, 15) is 14.7 Å². The van der Waals surface area contributed by atoms with Crippen LogP contribution in [-0.2, 0) is 16.6 Å². The molecule has 0 spiro atoms. The summed E-state index contributed by atoms with van der Waals surface area (Å²) < 4.78 is 10.7. The molecule has 0 amide bonds. The number of carboxylic acids is 1. The van der Waals surface area contributed by atoms with Crippen molar-refractivity contribution in [1.29, 1.82) is 0 Å². The van der Waals surface area contributed by atoms with Gasteiger partial charge in [-0.1, -0.05) is 23.7 Å². The average Bonchev–Trinajstić information content (AvgIpc) is 3.49. The molecule has 3 heterocycles. The smallest absolute Gasteiger partial charge is 0.337 e. The second-order valence-electron chi connectivity index (χ2n) is 12.8. The number of benzene rings is 3. The number of imidazole rings is 1. The predicted octanol–water partition coefficient (Wildman–Crippen LogP) is 7.45. The van der Waals surface area contributed by atoms with Crippen LogP contribution in [0.1, 0.15) is 56.9 Å². The highest BCUT2D eigenvalue weighted by Gasteiger charge is 2.32. The maximum absolute atomic E-state index is 13.4. The van der Waals surface area contributed by atoms with Crippen LogP contribution in [0.4, 0.5) is 0 Å². The zero-order valence-corrected chi connectivity index (χ0v) is 27.4. The number of hydrogen-bond acceptors (Lipinski definition) is 6. The Kier molecular flexibility index (Phi) is 7.94. The number of rotatable bonds is 6. The second kappa shape index (κ2) is 11.5. The Morgan fingerprint density at radius 2 is 1.70 bits per heavy atom. The van der Waals surface area contributed by atoms with Crippen LogP contribution in [0.15, 0.2) is 53.3 Å². The van der Waals surface area contributed by atoms with Gasteiger partial charge in [0.05, 0.1) is 26.9 Å². The van der Waals surface area contributed by atoms with Gasteiger partial charge in [-0.2, -0.15) is 0 Å². The van der Waals surface area contributed by atoms with E-state index < -0.39 is 17.7 Å². The minimum absolute atomic E-state index is 0.000134. The summed E-state index contributed by atoms with van der Waals surface area (Å²) in [6.45, 7) is 9.38. The lowest BCUT2D eigenvalue weighted by Crippen LogP contribution is -2.35. The third kappa shape index (κ3) is 5.58. The van der Waals surface area contributed by atoms with Crippen molar-refractivity contribution in [2.75, 3.05) is 20.1 Å². The molecule has 1 aliphatic heterocycles.